The van der Waals surface area contributed by atoms with Gasteiger partial charge in [-0.2, -0.15) is 0 Å². The Morgan fingerprint density at radius 1 is 1.20 bits per heavy atom. The smallest absolute Gasteiger partial charge is 0.264 e. The van der Waals surface area contributed by atoms with Crippen LogP contribution >= 0.6 is 15.9 Å². The molecule has 134 valence electrons. The van der Waals surface area contributed by atoms with Crippen LogP contribution in [0, 0.1) is 0 Å². The first kappa shape index (κ1) is 19.5. The van der Waals surface area contributed by atoms with Crippen LogP contribution in [-0.2, 0) is 10.0 Å². The molecule has 0 aliphatic rings. The number of anilines is 1. The highest BCUT2D eigenvalue weighted by Crippen LogP contribution is 2.31. The van der Waals surface area contributed by atoms with E-state index in [1.54, 1.807) is 18.2 Å². The molecule has 0 bridgehead atoms. The van der Waals surface area contributed by atoms with Crippen molar-refractivity contribution in [2.45, 2.75) is 24.7 Å². The molecule has 0 aromatic heterocycles. The van der Waals surface area contributed by atoms with E-state index in [1.807, 2.05) is 24.3 Å². The van der Waals surface area contributed by atoms with Gasteiger partial charge in [0.05, 0.1) is 28.7 Å². The first-order valence-electron chi connectivity index (χ1n) is 7.88. The maximum atomic E-state index is 13.1. The number of hydrogen-bond donors (Lipinski definition) is 0. The van der Waals surface area contributed by atoms with Crippen LogP contribution in [-0.4, -0.2) is 22.1 Å². The lowest BCUT2D eigenvalue weighted by molar-refractivity contribution is 0.411. The zero-order valence-corrected chi connectivity index (χ0v) is 17.0. The number of benzene rings is 2. The molecule has 0 aliphatic heterocycles. The van der Waals surface area contributed by atoms with Crippen LogP contribution in [0.5, 0.6) is 5.75 Å². The van der Waals surface area contributed by atoms with Gasteiger partial charge >= 0.3 is 0 Å². The molecule has 0 atom stereocenters. The van der Waals surface area contributed by atoms with Crippen molar-refractivity contribution in [2.24, 2.45) is 0 Å². The molecule has 0 unspecified atom stereocenters. The van der Waals surface area contributed by atoms with E-state index in [-0.39, 0.29) is 11.4 Å². The Hall–Kier alpha value is -1.79. The first-order chi connectivity index (χ1) is 11.8. The number of methoxy groups -OCH3 is 1. The van der Waals surface area contributed by atoms with Gasteiger partial charge in [0.25, 0.3) is 10.0 Å². The molecule has 0 heterocycles. The summed E-state index contributed by atoms with van der Waals surface area (Å²) in [6.07, 6.45) is 1.58. The third kappa shape index (κ3) is 4.25. The van der Waals surface area contributed by atoms with Crippen molar-refractivity contribution in [1.29, 1.82) is 0 Å². The van der Waals surface area contributed by atoms with E-state index in [4.69, 9.17) is 4.74 Å². The second-order valence-electron chi connectivity index (χ2n) is 5.87. The van der Waals surface area contributed by atoms with Crippen LogP contribution in [0.25, 0.3) is 0 Å². The summed E-state index contributed by atoms with van der Waals surface area (Å²) < 4.78 is 33.3. The summed E-state index contributed by atoms with van der Waals surface area (Å²) in [7, 11) is -2.18. The second kappa shape index (κ2) is 8.06. The maximum absolute atomic E-state index is 13.1. The topological polar surface area (TPSA) is 46.6 Å². The van der Waals surface area contributed by atoms with E-state index >= 15 is 0 Å². The van der Waals surface area contributed by atoms with Crippen molar-refractivity contribution in [1.82, 2.24) is 0 Å². The standard InChI is InChI=1S/C19H22BrNO3S/c1-5-12-21(16-8-6-15(7-9-16)14(2)3)25(22,23)17-10-11-19(24-4)18(20)13-17/h5-11,13-14H,1,12H2,2-4H3. The molecule has 0 spiro atoms. The molecule has 2 rings (SSSR count). The highest BCUT2D eigenvalue weighted by Gasteiger charge is 2.25. The molecular formula is C19H22BrNO3S. The predicted octanol–water partition coefficient (Wildman–Crippen LogP) is 4.96. The minimum Gasteiger partial charge on any atom is -0.496 e. The van der Waals surface area contributed by atoms with Crippen LogP contribution in [0.1, 0.15) is 25.3 Å². The second-order valence-corrected chi connectivity index (χ2v) is 8.58. The molecule has 2 aromatic rings. The zero-order chi connectivity index (χ0) is 18.6. The molecular weight excluding hydrogens is 402 g/mol. The van der Waals surface area contributed by atoms with Gasteiger partial charge in [0, 0.05) is 0 Å². The summed E-state index contributed by atoms with van der Waals surface area (Å²) in [5, 5.41) is 0. The molecule has 0 saturated carbocycles. The van der Waals surface area contributed by atoms with Crippen molar-refractivity contribution in [3.8, 4) is 5.75 Å². The van der Waals surface area contributed by atoms with Gasteiger partial charge in [0.1, 0.15) is 5.75 Å². The van der Waals surface area contributed by atoms with E-state index in [9.17, 15) is 8.42 Å². The minimum atomic E-state index is -3.72. The Bertz CT molecular complexity index is 845. The average Bonchev–Trinajstić information content (AvgIpc) is 2.59. The predicted molar refractivity (Wildman–Crippen MR) is 106 cm³/mol. The Kier molecular flexibility index (Phi) is 6.30. The van der Waals surface area contributed by atoms with E-state index in [0.717, 1.165) is 5.56 Å². The number of sulfonamides is 1. The van der Waals surface area contributed by atoms with Crippen molar-refractivity contribution in [3.63, 3.8) is 0 Å². The molecule has 0 radical (unpaired) electrons. The summed E-state index contributed by atoms with van der Waals surface area (Å²) in [4.78, 5) is 0.190. The summed E-state index contributed by atoms with van der Waals surface area (Å²) in [5.41, 5.74) is 1.77. The van der Waals surface area contributed by atoms with Crippen molar-refractivity contribution < 1.29 is 13.2 Å². The molecule has 6 heteroatoms. The number of nitrogens with zero attached hydrogens (tertiary/aromatic N) is 1. The van der Waals surface area contributed by atoms with E-state index < -0.39 is 10.0 Å². The molecule has 0 N–H and O–H groups in total. The quantitative estimate of drug-likeness (QED) is 0.590. The Morgan fingerprint density at radius 2 is 1.84 bits per heavy atom. The van der Waals surface area contributed by atoms with Crippen molar-refractivity contribution in [2.75, 3.05) is 18.0 Å². The Morgan fingerprint density at radius 3 is 2.32 bits per heavy atom. The third-order valence-corrected chi connectivity index (χ3v) is 6.26. The normalized spacial score (nSPS) is 11.4. The SMILES string of the molecule is C=CCN(c1ccc(C(C)C)cc1)S(=O)(=O)c1ccc(OC)c(Br)c1. The van der Waals surface area contributed by atoms with Crippen molar-refractivity contribution >= 4 is 31.6 Å². The van der Waals surface area contributed by atoms with Gasteiger partial charge in [-0.05, 0) is 57.7 Å². The van der Waals surface area contributed by atoms with Gasteiger partial charge in [-0.1, -0.05) is 32.1 Å². The van der Waals surface area contributed by atoms with Gasteiger partial charge in [-0.25, -0.2) is 8.42 Å². The van der Waals surface area contributed by atoms with E-state index in [1.165, 1.54) is 17.5 Å². The highest BCUT2D eigenvalue weighted by molar-refractivity contribution is 9.10. The summed E-state index contributed by atoms with van der Waals surface area (Å²) in [6.45, 7) is 8.07. The lowest BCUT2D eigenvalue weighted by atomic mass is 10.0. The average molecular weight is 424 g/mol. The molecule has 0 amide bonds. The summed E-state index contributed by atoms with van der Waals surface area (Å²) in [6, 6.07) is 12.3. The first-order valence-corrected chi connectivity index (χ1v) is 10.1. The molecule has 2 aromatic carbocycles. The van der Waals surface area contributed by atoms with Gasteiger partial charge in [-0.15, -0.1) is 6.58 Å². The Labute approximate surface area is 158 Å². The van der Waals surface area contributed by atoms with Crippen LogP contribution in [0.3, 0.4) is 0 Å². The fraction of sp³-hybridized carbons (Fsp3) is 0.263. The fourth-order valence-electron chi connectivity index (χ4n) is 2.42. The molecule has 25 heavy (non-hydrogen) atoms. The Balaban J connectivity index is 2.47. The van der Waals surface area contributed by atoms with Gasteiger partial charge in [0.2, 0.25) is 0 Å². The lowest BCUT2D eigenvalue weighted by Gasteiger charge is -2.24. The minimum absolute atomic E-state index is 0.188. The molecule has 0 aliphatic carbocycles. The van der Waals surface area contributed by atoms with Crippen molar-refractivity contribution in [3.05, 3.63) is 65.2 Å². The third-order valence-electron chi connectivity index (χ3n) is 3.85. The number of rotatable bonds is 7. The lowest BCUT2D eigenvalue weighted by Crippen LogP contribution is -2.31. The molecule has 0 fully saturated rings. The van der Waals surface area contributed by atoms with E-state index in [2.05, 4.69) is 36.4 Å². The number of halogens is 1. The van der Waals surface area contributed by atoms with Gasteiger partial charge in [-0.3, -0.25) is 4.31 Å². The van der Waals surface area contributed by atoms with E-state index in [0.29, 0.717) is 21.8 Å². The monoisotopic (exact) mass is 423 g/mol. The van der Waals surface area contributed by atoms with Gasteiger partial charge in [0.15, 0.2) is 0 Å². The molecule has 0 saturated heterocycles. The number of hydrogen-bond acceptors (Lipinski definition) is 3. The van der Waals surface area contributed by atoms with Crippen LogP contribution in [0.4, 0.5) is 5.69 Å². The molecule has 4 nitrogen and oxygen atoms in total. The highest BCUT2D eigenvalue weighted by atomic mass is 79.9. The van der Waals surface area contributed by atoms with Crippen LogP contribution in [0.2, 0.25) is 0 Å². The number of ether oxygens (including phenoxy) is 1. The zero-order valence-electron chi connectivity index (χ0n) is 14.6. The van der Waals surface area contributed by atoms with Gasteiger partial charge < -0.3 is 4.74 Å². The summed E-state index contributed by atoms with van der Waals surface area (Å²) >= 11 is 3.34. The largest absolute Gasteiger partial charge is 0.496 e. The summed E-state index contributed by atoms with van der Waals surface area (Å²) in [5.74, 6) is 0.964. The van der Waals surface area contributed by atoms with Crippen LogP contribution in [0.15, 0.2) is 64.5 Å². The maximum Gasteiger partial charge on any atom is 0.264 e. The fourth-order valence-corrected chi connectivity index (χ4v) is 4.57. The van der Waals surface area contributed by atoms with Crippen LogP contribution < -0.4 is 9.04 Å².